The molecular formula is C28H48N2Y-2. The van der Waals surface area contributed by atoms with Gasteiger partial charge in [-0.25, -0.2) is 11.1 Å². The fourth-order valence-corrected chi connectivity index (χ4v) is 2.87. The molecule has 2 aliphatic heterocycles. The van der Waals surface area contributed by atoms with E-state index in [0.29, 0.717) is 0 Å². The minimum Gasteiger partial charge on any atom is -0.306 e. The molecule has 0 saturated carbocycles. The molecule has 0 aliphatic carbocycles. The Morgan fingerprint density at radius 3 is 1.00 bits per heavy atom. The van der Waals surface area contributed by atoms with Crippen LogP contribution in [-0.2, 0) is 32.7 Å². The minimum atomic E-state index is 0. The summed E-state index contributed by atoms with van der Waals surface area (Å²) >= 11 is 0. The first-order chi connectivity index (χ1) is 14.8. The molecule has 3 heteroatoms. The Kier molecular flexibility index (Phi) is 31.1. The summed E-state index contributed by atoms with van der Waals surface area (Å²) in [6.07, 6.45) is 5.65. The van der Waals surface area contributed by atoms with Crippen molar-refractivity contribution in [2.24, 2.45) is 0 Å². The van der Waals surface area contributed by atoms with Gasteiger partial charge in [0.2, 0.25) is 0 Å². The quantitative estimate of drug-likeness (QED) is 0.375. The van der Waals surface area contributed by atoms with Crippen LogP contribution in [0.1, 0.15) is 67.2 Å². The zero-order valence-electron chi connectivity index (χ0n) is 21.7. The Balaban J connectivity index is -0.000000355. The second-order valence-corrected chi connectivity index (χ2v) is 6.57. The number of hydrogen-bond acceptors (Lipinski definition) is 2. The molecule has 0 aromatic heterocycles. The van der Waals surface area contributed by atoms with Crippen LogP contribution in [0.2, 0.25) is 0 Å². The molecule has 2 saturated heterocycles. The van der Waals surface area contributed by atoms with Crippen LogP contribution >= 0.6 is 0 Å². The van der Waals surface area contributed by atoms with Gasteiger partial charge in [0, 0.05) is 32.7 Å². The minimum absolute atomic E-state index is 0. The van der Waals surface area contributed by atoms with Crippen LogP contribution in [-0.4, -0.2) is 50.1 Å². The predicted molar refractivity (Wildman–Crippen MR) is 137 cm³/mol. The number of nitrogens with zero attached hydrogens (tertiary/aromatic N) is 2. The van der Waals surface area contributed by atoms with E-state index in [4.69, 9.17) is 0 Å². The standard InChI is InChI=1S/C12H8.2C5H11N.3C2H6.Y/c1-3-7-11(8-4-1)12-9-5-2-6-10-12;2*1-6-4-2-3-5-6;3*1-2;/h1-7,9H;2*2-5H2,1H3;3*1-2H3;/q-2;;;;;;. The molecule has 2 nitrogen and oxygen atoms in total. The smallest absolute Gasteiger partial charge is 0 e. The molecule has 0 N–H and O–H groups in total. The number of likely N-dealkylation sites (tertiary alicyclic amines) is 2. The summed E-state index contributed by atoms with van der Waals surface area (Å²) in [6, 6.07) is 22.1. The molecule has 175 valence electrons. The molecule has 2 aliphatic rings. The Labute approximate surface area is 220 Å². The van der Waals surface area contributed by atoms with Crippen molar-refractivity contribution in [2.75, 3.05) is 40.3 Å². The molecule has 0 unspecified atom stereocenters. The molecule has 0 bridgehead atoms. The molecule has 4 rings (SSSR count). The summed E-state index contributed by atoms with van der Waals surface area (Å²) in [5, 5.41) is 0. The Hall–Kier alpha value is -0.536. The van der Waals surface area contributed by atoms with Gasteiger partial charge < -0.3 is 9.80 Å². The Morgan fingerprint density at radius 1 is 0.548 bits per heavy atom. The second kappa shape index (κ2) is 27.5. The summed E-state index contributed by atoms with van der Waals surface area (Å²) in [4.78, 5) is 4.72. The van der Waals surface area contributed by atoms with Crippen LogP contribution in [0.3, 0.4) is 0 Å². The Morgan fingerprint density at radius 2 is 0.839 bits per heavy atom. The van der Waals surface area contributed by atoms with Gasteiger partial charge in [-0.3, -0.25) is 0 Å². The maximum atomic E-state index is 3.15. The molecular weight excluding hydrogens is 453 g/mol. The van der Waals surface area contributed by atoms with Crippen LogP contribution in [0.25, 0.3) is 11.1 Å². The zero-order valence-corrected chi connectivity index (χ0v) is 24.6. The maximum absolute atomic E-state index is 3.15. The van der Waals surface area contributed by atoms with E-state index in [1.54, 1.807) is 0 Å². The van der Waals surface area contributed by atoms with Gasteiger partial charge in [-0.2, -0.15) is 48.5 Å². The van der Waals surface area contributed by atoms with Crippen molar-refractivity contribution in [3.05, 3.63) is 60.7 Å². The molecule has 2 fully saturated rings. The number of rotatable bonds is 1. The molecule has 31 heavy (non-hydrogen) atoms. The van der Waals surface area contributed by atoms with E-state index in [9.17, 15) is 0 Å². The van der Waals surface area contributed by atoms with Gasteiger partial charge in [0.25, 0.3) is 0 Å². The van der Waals surface area contributed by atoms with E-state index in [1.807, 2.05) is 90.1 Å². The third-order valence-electron chi connectivity index (χ3n) is 4.37. The van der Waals surface area contributed by atoms with Crippen LogP contribution < -0.4 is 0 Å². The van der Waals surface area contributed by atoms with E-state index < -0.39 is 0 Å². The van der Waals surface area contributed by atoms with E-state index in [2.05, 4.69) is 36.0 Å². The average molecular weight is 502 g/mol. The van der Waals surface area contributed by atoms with Gasteiger partial charge in [-0.15, -0.1) is 12.1 Å². The largest absolute Gasteiger partial charge is 0.306 e. The van der Waals surface area contributed by atoms with E-state index in [1.165, 1.54) is 51.9 Å². The van der Waals surface area contributed by atoms with Gasteiger partial charge in [-0.1, -0.05) is 41.5 Å². The van der Waals surface area contributed by atoms with Crippen LogP contribution in [0.4, 0.5) is 0 Å². The summed E-state index contributed by atoms with van der Waals surface area (Å²) < 4.78 is 0. The van der Waals surface area contributed by atoms with Crippen molar-refractivity contribution < 1.29 is 32.7 Å². The van der Waals surface area contributed by atoms with Gasteiger partial charge in [0.05, 0.1) is 0 Å². The van der Waals surface area contributed by atoms with Crippen molar-refractivity contribution in [1.82, 2.24) is 9.80 Å². The summed E-state index contributed by atoms with van der Waals surface area (Å²) in [5.74, 6) is 0. The zero-order chi connectivity index (χ0) is 23.0. The summed E-state index contributed by atoms with van der Waals surface area (Å²) in [5.41, 5.74) is 2.19. The number of hydrogen-bond donors (Lipinski definition) is 0. The fourth-order valence-electron chi connectivity index (χ4n) is 2.87. The first kappa shape index (κ1) is 35.1. The van der Waals surface area contributed by atoms with E-state index >= 15 is 0 Å². The third kappa shape index (κ3) is 19.8. The first-order valence-corrected chi connectivity index (χ1v) is 12.1. The first-order valence-electron chi connectivity index (χ1n) is 12.1. The molecule has 2 aromatic carbocycles. The van der Waals surface area contributed by atoms with E-state index in [0.717, 1.165) is 11.1 Å². The number of benzene rings is 2. The second-order valence-electron chi connectivity index (χ2n) is 6.57. The molecule has 0 atom stereocenters. The van der Waals surface area contributed by atoms with Gasteiger partial charge in [0.15, 0.2) is 0 Å². The van der Waals surface area contributed by atoms with Gasteiger partial charge in [-0.05, 0) is 66.0 Å². The molecule has 0 amide bonds. The van der Waals surface area contributed by atoms with Crippen molar-refractivity contribution >= 4 is 0 Å². The van der Waals surface area contributed by atoms with Crippen molar-refractivity contribution in [3.8, 4) is 11.1 Å². The van der Waals surface area contributed by atoms with Crippen molar-refractivity contribution in [3.63, 3.8) is 0 Å². The summed E-state index contributed by atoms with van der Waals surface area (Å²) in [6.45, 7) is 17.3. The van der Waals surface area contributed by atoms with Crippen LogP contribution in [0, 0.1) is 12.1 Å². The molecule has 2 heterocycles. The van der Waals surface area contributed by atoms with Gasteiger partial charge >= 0.3 is 0 Å². The maximum Gasteiger partial charge on any atom is 0 e. The van der Waals surface area contributed by atoms with Crippen molar-refractivity contribution in [1.29, 1.82) is 0 Å². The SMILES string of the molecule is CC.CC.CC.CN1CCCC1.CN1CCCC1.[Y].[c-]1ccccc1-c1[c-]cccc1. The van der Waals surface area contributed by atoms with Crippen LogP contribution in [0.15, 0.2) is 48.5 Å². The monoisotopic (exact) mass is 501 g/mol. The fraction of sp³-hybridized carbons (Fsp3) is 0.571. The van der Waals surface area contributed by atoms with Crippen molar-refractivity contribution in [2.45, 2.75) is 67.2 Å². The molecule has 0 spiro atoms. The topological polar surface area (TPSA) is 6.48 Å². The van der Waals surface area contributed by atoms with Gasteiger partial charge in [0.1, 0.15) is 0 Å². The summed E-state index contributed by atoms with van der Waals surface area (Å²) in [7, 11) is 4.35. The third-order valence-corrected chi connectivity index (χ3v) is 4.37. The molecule has 1 radical (unpaired) electrons. The van der Waals surface area contributed by atoms with Crippen LogP contribution in [0.5, 0.6) is 0 Å². The van der Waals surface area contributed by atoms with E-state index in [-0.39, 0.29) is 32.7 Å². The predicted octanol–water partition coefficient (Wildman–Crippen LogP) is 7.45. The normalized spacial score (nSPS) is 14.2. The molecule has 2 aromatic rings. The average Bonchev–Trinajstić information content (AvgIpc) is 3.53. The Bertz CT molecular complexity index is 482.